The van der Waals surface area contributed by atoms with E-state index in [-0.39, 0.29) is 11.3 Å². The third-order valence-corrected chi connectivity index (χ3v) is 6.52. The number of halogens is 3. The molecule has 3 rings (SSSR count). The Morgan fingerprint density at radius 1 is 1.18 bits per heavy atom. The molecular formula is C24H16ClI2N3O4. The van der Waals surface area contributed by atoms with Crippen molar-refractivity contribution in [1.29, 1.82) is 5.26 Å². The number of non-ortho nitro benzene ring substituents is 1. The highest BCUT2D eigenvalue weighted by Crippen LogP contribution is 2.31. The number of benzene rings is 3. The molecule has 0 spiro atoms. The average Bonchev–Trinajstić information content (AvgIpc) is 2.79. The van der Waals surface area contributed by atoms with E-state index in [2.05, 4.69) is 50.5 Å². The molecule has 0 unspecified atom stereocenters. The van der Waals surface area contributed by atoms with E-state index >= 15 is 0 Å². The lowest BCUT2D eigenvalue weighted by molar-refractivity contribution is -0.384. The molecular weight excluding hydrogens is 684 g/mol. The summed E-state index contributed by atoms with van der Waals surface area (Å²) < 4.78 is 7.63. The number of carbonyl (C=O) groups excluding carboxylic acids is 1. The summed E-state index contributed by atoms with van der Waals surface area (Å²) in [5.74, 6) is 0.102. The lowest BCUT2D eigenvalue weighted by atomic mass is 10.1. The largest absolute Gasteiger partial charge is 0.487 e. The first-order valence-electron chi connectivity index (χ1n) is 9.72. The summed E-state index contributed by atoms with van der Waals surface area (Å²) in [6.45, 7) is 2.02. The van der Waals surface area contributed by atoms with Crippen LogP contribution in [0.5, 0.6) is 5.75 Å². The molecule has 1 N–H and O–H groups in total. The lowest BCUT2D eigenvalue weighted by Crippen LogP contribution is -2.14. The van der Waals surface area contributed by atoms with Crippen molar-refractivity contribution < 1.29 is 14.5 Å². The zero-order valence-corrected chi connectivity index (χ0v) is 22.7. The number of hydrogen-bond donors (Lipinski definition) is 1. The van der Waals surface area contributed by atoms with E-state index in [1.165, 1.54) is 24.3 Å². The van der Waals surface area contributed by atoms with Gasteiger partial charge < -0.3 is 10.1 Å². The van der Waals surface area contributed by atoms with Crippen LogP contribution < -0.4 is 10.1 Å². The Hall–Kier alpha value is -2.69. The third kappa shape index (κ3) is 6.68. The van der Waals surface area contributed by atoms with Crippen molar-refractivity contribution in [3.63, 3.8) is 0 Å². The molecule has 0 fully saturated rings. The minimum absolute atomic E-state index is 0.0749. The van der Waals surface area contributed by atoms with Gasteiger partial charge in [0, 0.05) is 22.8 Å². The number of ether oxygens (including phenoxy) is 1. The van der Waals surface area contributed by atoms with Gasteiger partial charge in [0.1, 0.15) is 24.0 Å². The fourth-order valence-corrected chi connectivity index (χ4v) is 5.20. The molecule has 10 heteroatoms. The van der Waals surface area contributed by atoms with Gasteiger partial charge in [-0.3, -0.25) is 14.9 Å². The zero-order chi connectivity index (χ0) is 24.8. The summed E-state index contributed by atoms with van der Waals surface area (Å²) in [6.07, 6.45) is 1.49. The summed E-state index contributed by atoms with van der Waals surface area (Å²) in [4.78, 5) is 23.1. The van der Waals surface area contributed by atoms with Crippen molar-refractivity contribution in [3.05, 3.63) is 99.1 Å². The molecule has 0 aliphatic heterocycles. The van der Waals surface area contributed by atoms with E-state index < -0.39 is 10.8 Å². The Morgan fingerprint density at radius 3 is 2.38 bits per heavy atom. The highest BCUT2D eigenvalue weighted by atomic mass is 127. The Kier molecular flexibility index (Phi) is 8.87. The molecule has 0 aliphatic rings. The van der Waals surface area contributed by atoms with Crippen LogP contribution in [0.15, 0.2) is 60.2 Å². The van der Waals surface area contributed by atoms with Crippen LogP contribution in [-0.2, 0) is 11.4 Å². The van der Waals surface area contributed by atoms with Gasteiger partial charge in [0.05, 0.1) is 12.1 Å². The van der Waals surface area contributed by atoms with Crippen molar-refractivity contribution in [2.75, 3.05) is 5.32 Å². The van der Waals surface area contributed by atoms with Crippen LogP contribution in [0, 0.1) is 35.5 Å². The SMILES string of the molecule is Cc1cc([N+](=O)[O-])ccc1NC(=O)/C(C#N)=C/c1cc(I)c(OCc2ccc(Cl)cc2)c(I)c1. The van der Waals surface area contributed by atoms with E-state index in [9.17, 15) is 20.2 Å². The molecule has 0 bridgehead atoms. The highest BCUT2D eigenvalue weighted by Gasteiger charge is 2.15. The number of nitrogens with one attached hydrogen (secondary N) is 1. The molecule has 0 heterocycles. The number of nitro benzene ring substituents is 1. The van der Waals surface area contributed by atoms with Crippen molar-refractivity contribution in [1.82, 2.24) is 0 Å². The standard InChI is InChI=1S/C24H16ClI2N3O4/c1-14-8-19(30(32)33)6-7-22(14)29-24(31)17(12-28)9-16-10-20(26)23(21(27)11-16)34-13-15-2-4-18(25)5-3-15/h2-11H,13H2,1H3,(H,29,31)/b17-9+. The Bertz CT molecular complexity index is 1310. The lowest BCUT2D eigenvalue weighted by Gasteiger charge is -2.12. The van der Waals surface area contributed by atoms with Crippen LogP contribution in [0.25, 0.3) is 6.08 Å². The average molecular weight is 700 g/mol. The number of nitro groups is 1. The van der Waals surface area contributed by atoms with E-state index in [1.54, 1.807) is 19.1 Å². The second kappa shape index (κ2) is 11.6. The fraction of sp³-hybridized carbons (Fsp3) is 0.0833. The first-order valence-corrected chi connectivity index (χ1v) is 12.3. The van der Waals surface area contributed by atoms with Gasteiger partial charge in [-0.25, -0.2) is 0 Å². The molecule has 3 aromatic rings. The molecule has 0 aliphatic carbocycles. The predicted octanol–water partition coefficient (Wildman–Crippen LogP) is 6.89. The van der Waals surface area contributed by atoms with Crippen LogP contribution in [0.4, 0.5) is 11.4 Å². The summed E-state index contributed by atoms with van der Waals surface area (Å²) in [6, 6.07) is 17.1. The molecule has 172 valence electrons. The number of hydrogen-bond acceptors (Lipinski definition) is 5. The third-order valence-electron chi connectivity index (χ3n) is 4.66. The second-order valence-electron chi connectivity index (χ2n) is 7.11. The molecule has 34 heavy (non-hydrogen) atoms. The van der Waals surface area contributed by atoms with E-state index in [1.807, 2.05) is 30.3 Å². The second-order valence-corrected chi connectivity index (χ2v) is 9.87. The van der Waals surface area contributed by atoms with Gasteiger partial charge in [-0.1, -0.05) is 23.7 Å². The van der Waals surface area contributed by atoms with Gasteiger partial charge in [-0.05, 0) is 105 Å². The number of carbonyl (C=O) groups is 1. The van der Waals surface area contributed by atoms with Crippen molar-refractivity contribution in [3.8, 4) is 11.8 Å². The van der Waals surface area contributed by atoms with E-state index in [4.69, 9.17) is 16.3 Å². The quantitative estimate of drug-likeness (QED) is 0.0951. The smallest absolute Gasteiger partial charge is 0.269 e. The van der Waals surface area contributed by atoms with Gasteiger partial charge in [0.25, 0.3) is 11.6 Å². The molecule has 0 saturated heterocycles. The maximum absolute atomic E-state index is 12.7. The number of nitriles is 1. The number of nitrogens with zero attached hydrogens (tertiary/aromatic N) is 2. The highest BCUT2D eigenvalue weighted by molar-refractivity contribution is 14.1. The van der Waals surface area contributed by atoms with Gasteiger partial charge in [0.15, 0.2) is 0 Å². The van der Waals surface area contributed by atoms with E-state index in [0.29, 0.717) is 34.2 Å². The van der Waals surface area contributed by atoms with Crippen LogP contribution in [0.3, 0.4) is 0 Å². The van der Waals surface area contributed by atoms with Gasteiger partial charge in [0.2, 0.25) is 0 Å². The minimum atomic E-state index is -0.604. The van der Waals surface area contributed by atoms with Crippen molar-refractivity contribution >= 4 is 80.1 Å². The Balaban J connectivity index is 1.77. The maximum atomic E-state index is 12.7. The molecule has 7 nitrogen and oxygen atoms in total. The van der Waals surface area contributed by atoms with Crippen LogP contribution in [-0.4, -0.2) is 10.8 Å². The number of aryl methyl sites for hydroxylation is 1. The van der Waals surface area contributed by atoms with Crippen LogP contribution >= 0.6 is 56.8 Å². The van der Waals surface area contributed by atoms with Gasteiger partial charge >= 0.3 is 0 Å². The molecule has 0 saturated carbocycles. The maximum Gasteiger partial charge on any atom is 0.269 e. The van der Waals surface area contributed by atoms with Crippen molar-refractivity contribution in [2.45, 2.75) is 13.5 Å². The van der Waals surface area contributed by atoms with Crippen molar-refractivity contribution in [2.24, 2.45) is 0 Å². The summed E-state index contributed by atoms with van der Waals surface area (Å²) in [5, 5.41) is 23.7. The topological polar surface area (TPSA) is 105 Å². The number of anilines is 1. The zero-order valence-electron chi connectivity index (χ0n) is 17.6. The summed E-state index contributed by atoms with van der Waals surface area (Å²) >= 11 is 10.2. The number of rotatable bonds is 7. The van der Waals surface area contributed by atoms with Gasteiger partial charge in [-0.15, -0.1) is 0 Å². The van der Waals surface area contributed by atoms with Crippen LogP contribution in [0.1, 0.15) is 16.7 Å². The van der Waals surface area contributed by atoms with E-state index in [0.717, 1.165) is 12.7 Å². The first kappa shape index (κ1) is 25.9. The normalized spacial score (nSPS) is 11.0. The summed E-state index contributed by atoms with van der Waals surface area (Å²) in [7, 11) is 0. The molecule has 0 aromatic heterocycles. The minimum Gasteiger partial charge on any atom is -0.487 e. The van der Waals surface area contributed by atoms with Crippen LogP contribution in [0.2, 0.25) is 5.02 Å². The molecule has 0 radical (unpaired) electrons. The van der Waals surface area contributed by atoms with Gasteiger partial charge in [-0.2, -0.15) is 5.26 Å². The Morgan fingerprint density at radius 2 is 1.82 bits per heavy atom. The molecule has 1 amide bonds. The summed E-state index contributed by atoms with van der Waals surface area (Å²) in [5.41, 5.74) is 2.39. The molecule has 0 atom stereocenters. The number of amides is 1. The Labute approximate surface area is 228 Å². The fourth-order valence-electron chi connectivity index (χ4n) is 2.94. The predicted molar refractivity (Wildman–Crippen MR) is 148 cm³/mol. The first-order chi connectivity index (χ1) is 16.2. The monoisotopic (exact) mass is 699 g/mol. The molecule has 3 aromatic carbocycles.